The summed E-state index contributed by atoms with van der Waals surface area (Å²) < 4.78 is 18.2. The molecule has 0 amide bonds. The van der Waals surface area contributed by atoms with Crippen molar-refractivity contribution in [1.82, 2.24) is 9.15 Å². The van der Waals surface area contributed by atoms with Crippen LogP contribution < -0.4 is 30.1 Å². The highest BCUT2D eigenvalue weighted by Gasteiger charge is 2.31. The second-order valence-electron chi connectivity index (χ2n) is 16.9. The van der Waals surface area contributed by atoms with E-state index in [0.717, 1.165) is 149 Å². The van der Waals surface area contributed by atoms with Gasteiger partial charge in [-0.25, -0.2) is 0 Å². The number of aryl methyl sites for hydroxylation is 4. The molecule has 0 atom stereocenters. The fraction of sp³-hybridized carbons (Fsp3) is 0.556. The number of anilines is 2. The molecular weight excluding hydrogens is 657 g/mol. The second-order valence-corrected chi connectivity index (χ2v) is 16.9. The smallest absolute Gasteiger partial charge is 0.386 e. The number of hydrogen-bond acceptors (Lipinski definition) is 6. The predicted octanol–water partition coefficient (Wildman–Crippen LogP) is 6.55. The number of piperidine rings is 2. The van der Waals surface area contributed by atoms with E-state index < -0.39 is 0 Å². The van der Waals surface area contributed by atoms with Gasteiger partial charge in [0.25, 0.3) is 0 Å². The Bertz CT molecular complexity index is 2180. The van der Waals surface area contributed by atoms with Crippen LogP contribution in [0.15, 0.2) is 33.1 Å². The normalized spacial score (nSPS) is 22.4. The van der Waals surface area contributed by atoms with E-state index in [1.807, 2.05) is 0 Å². The molecule has 6 aliphatic heterocycles. The van der Waals surface area contributed by atoms with Crippen LogP contribution in [-0.2, 0) is 25.7 Å². The summed E-state index contributed by atoms with van der Waals surface area (Å²) in [6, 6.07) is 13.8. The van der Waals surface area contributed by atoms with Gasteiger partial charge >= 0.3 is 11.1 Å². The fourth-order valence-electron chi connectivity index (χ4n) is 11.1. The molecule has 272 valence electrons. The molecule has 2 aromatic carbocycles. The Morgan fingerprint density at radius 2 is 1.00 bits per heavy atom. The van der Waals surface area contributed by atoms with E-state index in [1.165, 1.54) is 78.6 Å². The zero-order valence-corrected chi connectivity index (χ0v) is 31.2. The summed E-state index contributed by atoms with van der Waals surface area (Å²) in [5.74, 6) is 1.47. The van der Waals surface area contributed by atoms with Crippen LogP contribution in [0.2, 0.25) is 0 Å². The molecule has 53 heavy (non-hydrogen) atoms. The summed E-state index contributed by atoms with van der Waals surface area (Å²) in [5, 5.41) is 22.5. The first-order valence-electron chi connectivity index (χ1n) is 20.9. The third-order valence-electron chi connectivity index (χ3n) is 13.7. The average molecular weight is 709 g/mol. The van der Waals surface area contributed by atoms with Crippen LogP contribution in [0.1, 0.15) is 104 Å². The van der Waals surface area contributed by atoms with Gasteiger partial charge < -0.3 is 18.6 Å². The Morgan fingerprint density at radius 3 is 1.42 bits per heavy atom. The SMILES string of the molecule is N#Cc1cc2cc3c4c(c2oc1=[N+]1CCC(CCCC2CC[N+](=c5oc6c7c8c(cc6cc5C#N)CCCN8CCC7)CC2)CC1)CCCN4CCC3. The van der Waals surface area contributed by atoms with Gasteiger partial charge in [0, 0.05) is 85.1 Å². The monoisotopic (exact) mass is 708 g/mol. The van der Waals surface area contributed by atoms with Crippen molar-refractivity contribution in [3.8, 4) is 12.1 Å². The zero-order chi connectivity index (χ0) is 35.5. The number of nitriles is 2. The average Bonchev–Trinajstić information content (AvgIpc) is 3.21. The van der Waals surface area contributed by atoms with E-state index in [1.54, 1.807) is 0 Å². The highest BCUT2D eigenvalue weighted by Crippen LogP contribution is 2.41. The maximum Gasteiger partial charge on any atom is 0.386 e. The lowest BCUT2D eigenvalue weighted by Crippen LogP contribution is -2.39. The first-order valence-corrected chi connectivity index (χ1v) is 20.9. The molecule has 2 saturated heterocycles. The van der Waals surface area contributed by atoms with E-state index in [4.69, 9.17) is 8.83 Å². The molecule has 6 aliphatic rings. The van der Waals surface area contributed by atoms with Gasteiger partial charge in [0.1, 0.15) is 49.5 Å². The molecule has 0 bridgehead atoms. The van der Waals surface area contributed by atoms with Crippen LogP contribution in [0.3, 0.4) is 0 Å². The molecule has 4 aromatic rings. The summed E-state index contributed by atoms with van der Waals surface area (Å²) in [6.45, 7) is 8.41. The molecule has 8 heteroatoms. The maximum absolute atomic E-state index is 10.2. The highest BCUT2D eigenvalue weighted by atomic mass is 16.3. The Labute approximate surface area is 312 Å². The topological polar surface area (TPSA) is 86.4 Å². The van der Waals surface area contributed by atoms with Crippen molar-refractivity contribution >= 4 is 33.3 Å². The van der Waals surface area contributed by atoms with Gasteiger partial charge in [-0.2, -0.15) is 19.7 Å². The maximum atomic E-state index is 10.2. The first-order chi connectivity index (χ1) is 26.1. The number of benzene rings is 2. The lowest BCUT2D eigenvalue weighted by atomic mass is 9.87. The predicted molar refractivity (Wildman–Crippen MR) is 209 cm³/mol. The molecule has 2 fully saturated rings. The Morgan fingerprint density at radius 1 is 0.585 bits per heavy atom. The fourth-order valence-corrected chi connectivity index (χ4v) is 11.1. The van der Waals surface area contributed by atoms with Gasteiger partial charge in [-0.1, -0.05) is 6.42 Å². The zero-order valence-electron chi connectivity index (χ0n) is 31.2. The molecular formula is C45H52N6O2+2. The minimum atomic E-state index is 0.677. The lowest BCUT2D eigenvalue weighted by molar-refractivity contribution is 0.266. The van der Waals surface area contributed by atoms with Crippen LogP contribution in [-0.4, -0.2) is 52.4 Å². The van der Waals surface area contributed by atoms with Crippen molar-refractivity contribution < 1.29 is 8.83 Å². The standard InChI is InChI=1S/C45H52N6O2/c46-28-36-26-34-24-32-8-2-16-48-18-4-10-38(40(32)48)42(34)52-44(36)50-20-12-30(13-21-50)6-1-7-31-14-22-51(23-15-31)45-37(29-47)27-35-25-33-9-3-17-49-19-5-11-39(41(33)49)43(35)53-45/h24-27,30-31H,1-23H2/q+2. The van der Waals surface area contributed by atoms with E-state index in [0.29, 0.717) is 11.1 Å². The summed E-state index contributed by atoms with van der Waals surface area (Å²) >= 11 is 0. The molecule has 2 aromatic heterocycles. The van der Waals surface area contributed by atoms with Crippen molar-refractivity contribution in [2.24, 2.45) is 11.8 Å². The van der Waals surface area contributed by atoms with E-state index in [2.05, 4.69) is 55.4 Å². The number of rotatable bonds is 4. The van der Waals surface area contributed by atoms with Crippen molar-refractivity contribution in [1.29, 1.82) is 10.5 Å². The van der Waals surface area contributed by atoms with Crippen molar-refractivity contribution in [3.63, 3.8) is 0 Å². The summed E-state index contributed by atoms with van der Waals surface area (Å²) in [7, 11) is 0. The minimum Gasteiger partial charge on any atom is -0.403 e. The molecule has 0 unspecified atom stereocenters. The second kappa shape index (κ2) is 13.7. The van der Waals surface area contributed by atoms with E-state index >= 15 is 0 Å². The van der Waals surface area contributed by atoms with Crippen molar-refractivity contribution in [2.45, 2.75) is 96.3 Å². The summed E-state index contributed by atoms with van der Waals surface area (Å²) in [6.07, 6.45) is 17.6. The molecule has 0 spiro atoms. The van der Waals surface area contributed by atoms with Crippen LogP contribution in [0, 0.1) is 34.5 Å². The third kappa shape index (κ3) is 5.85. The van der Waals surface area contributed by atoms with Gasteiger partial charge in [-0.05, 0) is 111 Å². The third-order valence-corrected chi connectivity index (χ3v) is 13.7. The molecule has 0 aliphatic carbocycles. The van der Waals surface area contributed by atoms with Crippen LogP contribution >= 0.6 is 0 Å². The van der Waals surface area contributed by atoms with Gasteiger partial charge in [0.15, 0.2) is 11.1 Å². The minimum absolute atomic E-state index is 0.677. The van der Waals surface area contributed by atoms with Crippen molar-refractivity contribution in [2.75, 3.05) is 62.2 Å². The van der Waals surface area contributed by atoms with E-state index in [9.17, 15) is 10.5 Å². The molecule has 10 rings (SSSR count). The number of hydrogen-bond donors (Lipinski definition) is 0. The molecule has 8 heterocycles. The molecule has 0 radical (unpaired) electrons. The van der Waals surface area contributed by atoms with Crippen LogP contribution in [0.4, 0.5) is 11.4 Å². The summed E-state index contributed by atoms with van der Waals surface area (Å²) in [5.41, 5.74) is 13.4. The Balaban J connectivity index is 0.800. The number of nitrogens with zero attached hydrogens (tertiary/aromatic N) is 6. The van der Waals surface area contributed by atoms with Crippen molar-refractivity contribution in [3.05, 3.63) is 68.8 Å². The Hall–Kier alpha value is -4.56. The molecule has 8 nitrogen and oxygen atoms in total. The van der Waals surface area contributed by atoms with E-state index in [-0.39, 0.29) is 0 Å². The van der Waals surface area contributed by atoms with Gasteiger partial charge in [-0.3, -0.25) is 0 Å². The quantitative estimate of drug-likeness (QED) is 0.224. The Kier molecular flexibility index (Phi) is 8.54. The van der Waals surface area contributed by atoms with Crippen LogP contribution in [0.25, 0.3) is 21.9 Å². The van der Waals surface area contributed by atoms with Gasteiger partial charge in [0.05, 0.1) is 0 Å². The first kappa shape index (κ1) is 33.0. The molecule has 0 saturated carbocycles. The lowest BCUT2D eigenvalue weighted by Gasteiger charge is -2.37. The van der Waals surface area contributed by atoms with Crippen LogP contribution in [0.5, 0.6) is 0 Å². The highest BCUT2D eigenvalue weighted by molar-refractivity contribution is 5.90. The van der Waals surface area contributed by atoms with Gasteiger partial charge in [0.2, 0.25) is 0 Å². The summed E-state index contributed by atoms with van der Waals surface area (Å²) in [4.78, 5) is 5.14. The van der Waals surface area contributed by atoms with Gasteiger partial charge in [-0.15, -0.1) is 0 Å². The number of fused-ring (bicyclic) bond motifs is 4. The largest absolute Gasteiger partial charge is 0.403 e. The molecule has 0 N–H and O–H groups in total.